The predicted octanol–water partition coefficient (Wildman–Crippen LogP) is 1.27. The average Bonchev–Trinajstić information content (AvgIpc) is 2.73. The van der Waals surface area contributed by atoms with Gasteiger partial charge in [0.1, 0.15) is 11.5 Å². The second-order valence-electron chi connectivity index (χ2n) is 4.27. The van der Waals surface area contributed by atoms with Gasteiger partial charge in [0, 0.05) is 18.4 Å². The maximum Gasteiger partial charge on any atom is 0.107 e. The molecule has 0 aliphatic heterocycles. The van der Waals surface area contributed by atoms with Gasteiger partial charge in [-0.05, 0) is 24.5 Å². The lowest BCUT2D eigenvalue weighted by molar-refractivity contribution is 0.259. The summed E-state index contributed by atoms with van der Waals surface area (Å²) in [6, 6.07) is 3.80. The van der Waals surface area contributed by atoms with Gasteiger partial charge in [0.2, 0.25) is 0 Å². The van der Waals surface area contributed by atoms with Crippen LogP contribution in [-0.2, 0) is 6.42 Å². The van der Waals surface area contributed by atoms with Crippen molar-refractivity contribution in [3.05, 3.63) is 23.7 Å². The third kappa shape index (κ3) is 1.99. The van der Waals surface area contributed by atoms with E-state index >= 15 is 0 Å². The van der Waals surface area contributed by atoms with Gasteiger partial charge in [0.15, 0.2) is 0 Å². The summed E-state index contributed by atoms with van der Waals surface area (Å²) in [5.74, 6) is 3.35. The minimum atomic E-state index is -0.203. The van der Waals surface area contributed by atoms with Crippen LogP contribution in [0, 0.1) is 5.92 Å². The Morgan fingerprint density at radius 3 is 2.93 bits per heavy atom. The van der Waals surface area contributed by atoms with E-state index in [4.69, 9.17) is 15.3 Å². The van der Waals surface area contributed by atoms with Gasteiger partial charge in [-0.25, -0.2) is 0 Å². The van der Waals surface area contributed by atoms with Crippen LogP contribution in [-0.4, -0.2) is 17.8 Å². The normalized spacial score (nSPS) is 27.6. The van der Waals surface area contributed by atoms with E-state index in [0.717, 1.165) is 17.4 Å². The summed E-state index contributed by atoms with van der Waals surface area (Å²) in [5, 5.41) is 8.80. The van der Waals surface area contributed by atoms with E-state index < -0.39 is 0 Å². The van der Waals surface area contributed by atoms with Crippen LogP contribution in [0.2, 0.25) is 0 Å². The molecule has 3 unspecified atom stereocenters. The number of rotatable bonds is 4. The van der Waals surface area contributed by atoms with Crippen molar-refractivity contribution in [3.63, 3.8) is 0 Å². The molecule has 0 radical (unpaired) electrons. The third-order valence-electron chi connectivity index (χ3n) is 2.86. The molecule has 1 aliphatic rings. The summed E-state index contributed by atoms with van der Waals surface area (Å²) in [4.78, 5) is 0. The molecule has 1 heterocycles. The molecule has 0 bridgehead atoms. The molecule has 3 atom stereocenters. The average molecular weight is 195 g/mol. The quantitative estimate of drug-likeness (QED) is 0.760. The van der Waals surface area contributed by atoms with E-state index in [-0.39, 0.29) is 12.6 Å². The Morgan fingerprint density at radius 1 is 1.64 bits per heavy atom. The van der Waals surface area contributed by atoms with Crippen LogP contribution in [0.1, 0.15) is 30.8 Å². The van der Waals surface area contributed by atoms with Crippen LogP contribution in [0.4, 0.5) is 0 Å². The van der Waals surface area contributed by atoms with Gasteiger partial charge < -0.3 is 15.3 Å². The minimum Gasteiger partial charge on any atom is -0.466 e. The smallest absolute Gasteiger partial charge is 0.107 e. The third-order valence-corrected chi connectivity index (χ3v) is 2.86. The Hall–Kier alpha value is -0.800. The van der Waals surface area contributed by atoms with Gasteiger partial charge in [-0.2, -0.15) is 0 Å². The Labute approximate surface area is 83.9 Å². The summed E-state index contributed by atoms with van der Waals surface area (Å²) >= 11 is 0. The van der Waals surface area contributed by atoms with Crippen LogP contribution in [0.3, 0.4) is 0 Å². The van der Waals surface area contributed by atoms with Crippen molar-refractivity contribution in [1.29, 1.82) is 0 Å². The van der Waals surface area contributed by atoms with Crippen molar-refractivity contribution >= 4 is 0 Å². The summed E-state index contributed by atoms with van der Waals surface area (Å²) < 4.78 is 5.66. The Bertz CT molecular complexity index is 308. The lowest BCUT2D eigenvalue weighted by atomic mass is 10.2. The number of aliphatic hydroxyl groups excluding tert-OH is 1. The Kier molecular flexibility index (Phi) is 2.61. The molecule has 2 rings (SSSR count). The summed E-state index contributed by atoms with van der Waals surface area (Å²) in [5.41, 5.74) is 5.62. The maximum atomic E-state index is 8.80. The Balaban J connectivity index is 1.96. The number of hydrogen-bond donors (Lipinski definition) is 2. The monoisotopic (exact) mass is 195 g/mol. The predicted molar refractivity (Wildman–Crippen MR) is 54.0 cm³/mol. The van der Waals surface area contributed by atoms with Crippen molar-refractivity contribution in [2.45, 2.75) is 31.7 Å². The first-order valence-electron chi connectivity index (χ1n) is 5.15. The first kappa shape index (κ1) is 9.74. The van der Waals surface area contributed by atoms with Crippen LogP contribution in [0.15, 0.2) is 16.5 Å². The highest BCUT2D eigenvalue weighted by molar-refractivity contribution is 5.18. The Morgan fingerprint density at radius 2 is 2.36 bits per heavy atom. The molecule has 3 N–H and O–H groups in total. The molecule has 1 saturated carbocycles. The fourth-order valence-electron chi connectivity index (χ4n) is 1.74. The molecule has 0 aromatic carbocycles. The van der Waals surface area contributed by atoms with E-state index in [0.29, 0.717) is 12.3 Å². The fourth-order valence-corrected chi connectivity index (χ4v) is 1.74. The van der Waals surface area contributed by atoms with Crippen molar-refractivity contribution in [3.8, 4) is 0 Å². The molecule has 0 amide bonds. The van der Waals surface area contributed by atoms with E-state index in [9.17, 15) is 0 Å². The molecule has 1 aliphatic carbocycles. The molecule has 1 aromatic heterocycles. The van der Waals surface area contributed by atoms with E-state index in [1.165, 1.54) is 6.42 Å². The van der Waals surface area contributed by atoms with Crippen molar-refractivity contribution in [2.24, 2.45) is 11.7 Å². The van der Waals surface area contributed by atoms with Crippen LogP contribution in [0.5, 0.6) is 0 Å². The van der Waals surface area contributed by atoms with Gasteiger partial charge in [-0.1, -0.05) is 6.92 Å². The molecule has 1 fully saturated rings. The van der Waals surface area contributed by atoms with Crippen molar-refractivity contribution in [1.82, 2.24) is 0 Å². The number of furan rings is 1. The molecular formula is C11H17NO2. The molecule has 1 aromatic rings. The highest BCUT2D eigenvalue weighted by Gasteiger charge is 2.36. The van der Waals surface area contributed by atoms with Gasteiger partial charge in [0.05, 0.1) is 6.61 Å². The van der Waals surface area contributed by atoms with E-state index in [2.05, 4.69) is 6.92 Å². The second-order valence-corrected chi connectivity index (χ2v) is 4.27. The maximum absolute atomic E-state index is 8.80. The standard InChI is InChI=1S/C11H17NO2/c1-7-4-10(7)11-3-2-9(14-11)5-8(12)6-13/h2-3,7-8,10,13H,4-6,12H2,1H3. The first-order chi connectivity index (χ1) is 6.70. The summed E-state index contributed by atoms with van der Waals surface area (Å²) in [6.45, 7) is 2.24. The highest BCUT2D eigenvalue weighted by Crippen LogP contribution is 2.47. The molecule has 14 heavy (non-hydrogen) atoms. The van der Waals surface area contributed by atoms with Gasteiger partial charge in [-0.15, -0.1) is 0 Å². The van der Waals surface area contributed by atoms with Gasteiger partial charge in [0.25, 0.3) is 0 Å². The second kappa shape index (κ2) is 3.75. The van der Waals surface area contributed by atoms with Crippen LogP contribution >= 0.6 is 0 Å². The molecule has 0 saturated heterocycles. The van der Waals surface area contributed by atoms with E-state index in [1.807, 2.05) is 12.1 Å². The number of aliphatic hydroxyl groups is 1. The topological polar surface area (TPSA) is 59.4 Å². The van der Waals surface area contributed by atoms with Gasteiger partial charge in [-0.3, -0.25) is 0 Å². The van der Waals surface area contributed by atoms with Crippen LogP contribution in [0.25, 0.3) is 0 Å². The van der Waals surface area contributed by atoms with E-state index in [1.54, 1.807) is 0 Å². The highest BCUT2D eigenvalue weighted by atomic mass is 16.3. The number of nitrogens with two attached hydrogens (primary N) is 1. The van der Waals surface area contributed by atoms with Crippen molar-refractivity contribution < 1.29 is 9.52 Å². The number of hydrogen-bond acceptors (Lipinski definition) is 3. The van der Waals surface area contributed by atoms with Crippen LogP contribution < -0.4 is 5.73 Å². The zero-order valence-corrected chi connectivity index (χ0v) is 8.44. The zero-order chi connectivity index (χ0) is 10.1. The molecule has 3 heteroatoms. The largest absolute Gasteiger partial charge is 0.466 e. The minimum absolute atomic E-state index is 0.00979. The lowest BCUT2D eigenvalue weighted by Gasteiger charge is -2.04. The molecular weight excluding hydrogens is 178 g/mol. The first-order valence-corrected chi connectivity index (χ1v) is 5.15. The SMILES string of the molecule is CC1CC1c1ccc(CC(N)CO)o1. The molecule has 78 valence electrons. The summed E-state index contributed by atoms with van der Waals surface area (Å²) in [6.07, 6.45) is 1.86. The lowest BCUT2D eigenvalue weighted by Crippen LogP contribution is -2.26. The molecule has 3 nitrogen and oxygen atoms in total. The molecule has 0 spiro atoms. The van der Waals surface area contributed by atoms with Gasteiger partial charge >= 0.3 is 0 Å². The fraction of sp³-hybridized carbons (Fsp3) is 0.636. The summed E-state index contributed by atoms with van der Waals surface area (Å²) in [7, 11) is 0. The van der Waals surface area contributed by atoms with Crippen molar-refractivity contribution in [2.75, 3.05) is 6.61 Å². The zero-order valence-electron chi connectivity index (χ0n) is 8.44.